The molecule has 74 valence electrons. The first-order valence-corrected chi connectivity index (χ1v) is 5.28. The number of nitrogens with zero attached hydrogens (tertiary/aromatic N) is 2. The molecule has 1 aliphatic heterocycles. The van der Waals surface area contributed by atoms with Crippen molar-refractivity contribution in [2.75, 3.05) is 19.6 Å². The van der Waals surface area contributed by atoms with Gasteiger partial charge in [-0.15, -0.1) is 5.16 Å². The lowest BCUT2D eigenvalue weighted by Gasteiger charge is -2.29. The van der Waals surface area contributed by atoms with Crippen LogP contribution >= 0.6 is 0 Å². The lowest BCUT2D eigenvalue weighted by molar-refractivity contribution is 0.201. The summed E-state index contributed by atoms with van der Waals surface area (Å²) in [7, 11) is 0. The minimum absolute atomic E-state index is 0.514. The quantitative estimate of drug-likeness (QED) is 0.408. The predicted molar refractivity (Wildman–Crippen MR) is 52.2 cm³/mol. The Morgan fingerprint density at radius 1 is 1.23 bits per heavy atom. The molecule has 1 aliphatic carbocycles. The third-order valence-electron chi connectivity index (χ3n) is 3.12. The zero-order chi connectivity index (χ0) is 9.10. The van der Waals surface area contributed by atoms with E-state index in [2.05, 4.69) is 10.1 Å². The van der Waals surface area contributed by atoms with Gasteiger partial charge in [-0.1, -0.05) is 0 Å². The zero-order valence-electron chi connectivity index (χ0n) is 8.02. The molecule has 0 unspecified atom stereocenters. The molecule has 0 atom stereocenters. The van der Waals surface area contributed by atoms with E-state index in [-0.39, 0.29) is 0 Å². The van der Waals surface area contributed by atoms with E-state index in [4.69, 9.17) is 5.21 Å². The van der Waals surface area contributed by atoms with Crippen molar-refractivity contribution in [3.63, 3.8) is 0 Å². The van der Waals surface area contributed by atoms with Gasteiger partial charge in [0.25, 0.3) is 0 Å². The van der Waals surface area contributed by atoms with E-state index in [0.29, 0.717) is 5.92 Å². The zero-order valence-corrected chi connectivity index (χ0v) is 8.02. The van der Waals surface area contributed by atoms with Crippen molar-refractivity contribution in [1.82, 2.24) is 4.90 Å². The normalized spacial score (nSPS) is 27.1. The van der Waals surface area contributed by atoms with Crippen molar-refractivity contribution in [2.24, 2.45) is 17.0 Å². The monoisotopic (exact) mass is 182 g/mol. The average Bonchev–Trinajstić information content (AvgIpc) is 2.93. The summed E-state index contributed by atoms with van der Waals surface area (Å²) >= 11 is 0. The molecule has 0 radical (unpaired) electrons. The fourth-order valence-electron chi connectivity index (χ4n) is 2.04. The first-order chi connectivity index (χ1) is 6.38. The molecular formula is C10H18N2O. The molecule has 3 heteroatoms. The van der Waals surface area contributed by atoms with Crippen LogP contribution in [-0.4, -0.2) is 36.0 Å². The van der Waals surface area contributed by atoms with Crippen LogP contribution in [0.3, 0.4) is 0 Å². The minimum Gasteiger partial charge on any atom is -0.411 e. The molecule has 1 saturated heterocycles. The van der Waals surface area contributed by atoms with Gasteiger partial charge in [-0.05, 0) is 50.6 Å². The van der Waals surface area contributed by atoms with Crippen molar-refractivity contribution >= 4 is 6.21 Å². The summed E-state index contributed by atoms with van der Waals surface area (Å²) < 4.78 is 0. The van der Waals surface area contributed by atoms with E-state index in [1.165, 1.54) is 32.5 Å². The Morgan fingerprint density at radius 3 is 2.46 bits per heavy atom. The third kappa shape index (κ3) is 2.69. The number of hydrogen-bond donors (Lipinski definition) is 1. The van der Waals surface area contributed by atoms with Crippen LogP contribution in [0.25, 0.3) is 0 Å². The fourth-order valence-corrected chi connectivity index (χ4v) is 2.04. The average molecular weight is 182 g/mol. The van der Waals surface area contributed by atoms with Crippen LogP contribution in [-0.2, 0) is 0 Å². The smallest absolute Gasteiger partial charge is 0.0467 e. The van der Waals surface area contributed by atoms with E-state index in [9.17, 15) is 0 Å². The second kappa shape index (κ2) is 4.09. The van der Waals surface area contributed by atoms with Gasteiger partial charge >= 0.3 is 0 Å². The summed E-state index contributed by atoms with van der Waals surface area (Å²) in [6, 6.07) is 0. The summed E-state index contributed by atoms with van der Waals surface area (Å²) in [6.45, 7) is 3.68. The predicted octanol–water partition coefficient (Wildman–Crippen LogP) is 1.57. The molecule has 0 bridgehead atoms. The number of rotatable bonds is 3. The molecule has 0 amide bonds. The van der Waals surface area contributed by atoms with E-state index >= 15 is 0 Å². The molecule has 0 aromatic rings. The second-order valence-electron chi connectivity index (χ2n) is 4.35. The Balaban J connectivity index is 1.68. The number of piperidine rings is 1. The maximum absolute atomic E-state index is 8.40. The van der Waals surface area contributed by atoms with Gasteiger partial charge in [0.1, 0.15) is 0 Å². The molecule has 0 spiro atoms. The Kier molecular flexibility index (Phi) is 2.83. The highest BCUT2D eigenvalue weighted by Crippen LogP contribution is 2.30. The van der Waals surface area contributed by atoms with E-state index in [1.807, 2.05) is 0 Å². The van der Waals surface area contributed by atoms with Gasteiger partial charge in [0.15, 0.2) is 0 Å². The van der Waals surface area contributed by atoms with Crippen molar-refractivity contribution in [2.45, 2.75) is 25.7 Å². The van der Waals surface area contributed by atoms with E-state index in [0.717, 1.165) is 18.8 Å². The van der Waals surface area contributed by atoms with Crippen LogP contribution < -0.4 is 0 Å². The Morgan fingerprint density at radius 2 is 1.92 bits per heavy atom. The van der Waals surface area contributed by atoms with Gasteiger partial charge in [-0.3, -0.25) is 0 Å². The van der Waals surface area contributed by atoms with Gasteiger partial charge in [0.05, 0.1) is 0 Å². The van der Waals surface area contributed by atoms with Gasteiger partial charge in [-0.25, -0.2) is 0 Å². The summed E-state index contributed by atoms with van der Waals surface area (Å²) in [6.07, 6.45) is 6.90. The van der Waals surface area contributed by atoms with Gasteiger partial charge < -0.3 is 10.1 Å². The van der Waals surface area contributed by atoms with Crippen LogP contribution in [0, 0.1) is 11.8 Å². The van der Waals surface area contributed by atoms with Gasteiger partial charge in [0, 0.05) is 12.8 Å². The molecule has 13 heavy (non-hydrogen) atoms. The summed E-state index contributed by atoms with van der Waals surface area (Å²) in [5.74, 6) is 1.52. The third-order valence-corrected chi connectivity index (χ3v) is 3.12. The van der Waals surface area contributed by atoms with Gasteiger partial charge in [0.2, 0.25) is 0 Å². The molecule has 1 saturated carbocycles. The number of oxime groups is 1. The van der Waals surface area contributed by atoms with Crippen molar-refractivity contribution in [3.05, 3.63) is 0 Å². The Labute approximate surface area is 79.4 Å². The largest absolute Gasteiger partial charge is 0.411 e. The molecule has 0 aromatic carbocycles. The number of hydrogen-bond acceptors (Lipinski definition) is 3. The first-order valence-electron chi connectivity index (χ1n) is 5.28. The van der Waals surface area contributed by atoms with Crippen molar-refractivity contribution in [3.8, 4) is 0 Å². The van der Waals surface area contributed by atoms with E-state index < -0.39 is 0 Å². The van der Waals surface area contributed by atoms with Crippen LogP contribution in [0.2, 0.25) is 0 Å². The van der Waals surface area contributed by atoms with Crippen molar-refractivity contribution < 1.29 is 5.21 Å². The van der Waals surface area contributed by atoms with Crippen LogP contribution in [0.4, 0.5) is 0 Å². The SMILES string of the molecule is ON=CC1CCN(CC2CC2)CC1. The lowest BCUT2D eigenvalue weighted by atomic mass is 9.98. The fraction of sp³-hybridized carbons (Fsp3) is 0.900. The van der Waals surface area contributed by atoms with Crippen LogP contribution in [0.5, 0.6) is 0 Å². The summed E-state index contributed by atoms with van der Waals surface area (Å²) in [5.41, 5.74) is 0. The Hall–Kier alpha value is -0.570. The summed E-state index contributed by atoms with van der Waals surface area (Å²) in [4.78, 5) is 2.55. The van der Waals surface area contributed by atoms with Crippen molar-refractivity contribution in [1.29, 1.82) is 0 Å². The molecule has 1 heterocycles. The highest BCUT2D eigenvalue weighted by atomic mass is 16.4. The lowest BCUT2D eigenvalue weighted by Crippen LogP contribution is -2.35. The highest BCUT2D eigenvalue weighted by molar-refractivity contribution is 5.59. The first kappa shape index (κ1) is 9.00. The topological polar surface area (TPSA) is 35.8 Å². The maximum Gasteiger partial charge on any atom is 0.0467 e. The standard InChI is InChI=1S/C10H18N2O/c13-11-7-9-3-5-12(6-4-9)8-10-1-2-10/h7,9-10,13H,1-6,8H2. The molecule has 0 aromatic heterocycles. The molecule has 2 fully saturated rings. The van der Waals surface area contributed by atoms with Crippen LogP contribution in [0.1, 0.15) is 25.7 Å². The number of likely N-dealkylation sites (tertiary alicyclic amines) is 1. The molecular weight excluding hydrogens is 164 g/mol. The summed E-state index contributed by atoms with van der Waals surface area (Å²) in [5, 5.41) is 11.5. The molecule has 2 aliphatic rings. The van der Waals surface area contributed by atoms with Crippen LogP contribution in [0.15, 0.2) is 5.16 Å². The second-order valence-corrected chi connectivity index (χ2v) is 4.35. The minimum atomic E-state index is 0.514. The molecule has 3 nitrogen and oxygen atoms in total. The Bertz CT molecular complexity index is 181. The molecule has 1 N–H and O–H groups in total. The maximum atomic E-state index is 8.40. The van der Waals surface area contributed by atoms with Gasteiger partial charge in [-0.2, -0.15) is 0 Å². The van der Waals surface area contributed by atoms with E-state index in [1.54, 1.807) is 6.21 Å². The highest BCUT2D eigenvalue weighted by Gasteiger charge is 2.26. The molecule has 2 rings (SSSR count).